The molecule has 3 rings (SSSR count). The molecule has 1 N–H and O–H groups in total. The molecule has 0 aliphatic carbocycles. The van der Waals surface area contributed by atoms with Gasteiger partial charge in [0.15, 0.2) is 5.82 Å². The van der Waals surface area contributed by atoms with Crippen LogP contribution >= 0.6 is 0 Å². The number of aryl methyl sites for hydroxylation is 1. The summed E-state index contributed by atoms with van der Waals surface area (Å²) in [5.41, 5.74) is 1.34. The number of rotatable bonds is 4. The average Bonchev–Trinajstić information content (AvgIpc) is 2.92. The van der Waals surface area contributed by atoms with Crippen molar-refractivity contribution in [3.8, 4) is 0 Å². The summed E-state index contributed by atoms with van der Waals surface area (Å²) in [7, 11) is 0. The van der Waals surface area contributed by atoms with Crippen molar-refractivity contribution in [3.05, 3.63) is 47.6 Å². The molecule has 1 aromatic heterocycles. The number of nitrogens with zero attached hydrogens (tertiary/aromatic N) is 3. The predicted molar refractivity (Wildman–Crippen MR) is 81.0 cm³/mol. The maximum absolute atomic E-state index is 5.19. The van der Waals surface area contributed by atoms with Crippen LogP contribution in [-0.4, -0.2) is 41.2 Å². The van der Waals surface area contributed by atoms with Crippen molar-refractivity contribution in [3.63, 3.8) is 0 Å². The normalized spacial score (nSPS) is 23.3. The highest BCUT2D eigenvalue weighted by molar-refractivity contribution is 5.24. The third-order valence-electron chi connectivity index (χ3n) is 4.11. The topological polar surface area (TPSA) is 54.2 Å². The largest absolute Gasteiger partial charge is 0.339 e. The lowest BCUT2D eigenvalue weighted by Gasteiger charge is -2.41. The van der Waals surface area contributed by atoms with Crippen molar-refractivity contribution in [2.45, 2.75) is 25.8 Å². The van der Waals surface area contributed by atoms with Gasteiger partial charge in [0, 0.05) is 32.6 Å². The van der Waals surface area contributed by atoms with E-state index in [1.807, 2.05) is 6.92 Å². The van der Waals surface area contributed by atoms with Gasteiger partial charge in [0.25, 0.3) is 0 Å². The van der Waals surface area contributed by atoms with Gasteiger partial charge in [0.1, 0.15) is 0 Å². The Balaban J connectivity index is 1.63. The van der Waals surface area contributed by atoms with Gasteiger partial charge in [-0.05, 0) is 19.4 Å². The van der Waals surface area contributed by atoms with E-state index in [4.69, 9.17) is 4.52 Å². The first-order chi connectivity index (χ1) is 10.2. The zero-order valence-corrected chi connectivity index (χ0v) is 12.7. The first kappa shape index (κ1) is 14.2. The Hall–Kier alpha value is -1.72. The van der Waals surface area contributed by atoms with Crippen LogP contribution in [0.1, 0.15) is 24.2 Å². The van der Waals surface area contributed by atoms with Crippen LogP contribution in [0.3, 0.4) is 0 Å². The van der Waals surface area contributed by atoms with E-state index in [0.717, 1.165) is 38.5 Å². The molecule has 21 heavy (non-hydrogen) atoms. The minimum atomic E-state index is 0.00424. The van der Waals surface area contributed by atoms with Gasteiger partial charge in [-0.2, -0.15) is 4.98 Å². The van der Waals surface area contributed by atoms with E-state index in [-0.39, 0.29) is 5.54 Å². The minimum Gasteiger partial charge on any atom is -0.339 e. The summed E-state index contributed by atoms with van der Waals surface area (Å²) >= 11 is 0. The summed E-state index contributed by atoms with van der Waals surface area (Å²) in [5.74, 6) is 1.44. The first-order valence-corrected chi connectivity index (χ1v) is 7.48. The molecule has 5 nitrogen and oxygen atoms in total. The van der Waals surface area contributed by atoms with E-state index in [0.29, 0.717) is 5.82 Å². The van der Waals surface area contributed by atoms with Crippen molar-refractivity contribution < 1.29 is 4.52 Å². The van der Waals surface area contributed by atoms with Gasteiger partial charge >= 0.3 is 0 Å². The Labute approximate surface area is 125 Å². The third-order valence-corrected chi connectivity index (χ3v) is 4.11. The lowest BCUT2D eigenvalue weighted by atomic mass is 9.89. The van der Waals surface area contributed by atoms with Crippen LogP contribution in [0.15, 0.2) is 34.9 Å². The molecule has 0 amide bonds. The van der Waals surface area contributed by atoms with Crippen LogP contribution in [-0.2, 0) is 12.0 Å². The number of nitrogens with one attached hydrogen (secondary N) is 1. The molecular formula is C16H22N4O. The molecule has 0 bridgehead atoms. The molecule has 1 unspecified atom stereocenters. The molecule has 0 radical (unpaired) electrons. The number of hydrogen-bond donors (Lipinski definition) is 1. The molecule has 0 spiro atoms. The molecule has 1 fully saturated rings. The monoisotopic (exact) mass is 286 g/mol. The second-order valence-corrected chi connectivity index (χ2v) is 5.89. The molecule has 1 aliphatic heterocycles. The molecule has 1 aromatic carbocycles. The Morgan fingerprint density at radius 3 is 2.86 bits per heavy atom. The van der Waals surface area contributed by atoms with Crippen molar-refractivity contribution in [2.75, 3.05) is 26.2 Å². The molecule has 5 heteroatoms. The summed E-state index contributed by atoms with van der Waals surface area (Å²) in [5, 5.41) is 7.49. The summed E-state index contributed by atoms with van der Waals surface area (Å²) < 4.78 is 5.19. The smallest absolute Gasteiger partial charge is 0.227 e. The van der Waals surface area contributed by atoms with Gasteiger partial charge in [-0.15, -0.1) is 0 Å². The molecule has 0 saturated carbocycles. The second-order valence-electron chi connectivity index (χ2n) is 5.89. The first-order valence-electron chi connectivity index (χ1n) is 7.48. The fourth-order valence-electron chi connectivity index (χ4n) is 2.96. The van der Waals surface area contributed by atoms with E-state index < -0.39 is 0 Å². The number of hydrogen-bond acceptors (Lipinski definition) is 5. The average molecular weight is 286 g/mol. The molecule has 112 valence electrons. The zero-order chi connectivity index (χ0) is 14.7. The van der Waals surface area contributed by atoms with E-state index >= 15 is 0 Å². The van der Waals surface area contributed by atoms with E-state index in [1.165, 1.54) is 5.56 Å². The van der Waals surface area contributed by atoms with Crippen molar-refractivity contribution in [2.24, 2.45) is 0 Å². The fraction of sp³-hybridized carbons (Fsp3) is 0.500. The third kappa shape index (κ3) is 3.31. The highest BCUT2D eigenvalue weighted by Crippen LogP contribution is 2.24. The van der Waals surface area contributed by atoms with Crippen LogP contribution in [0.25, 0.3) is 0 Å². The van der Waals surface area contributed by atoms with Crippen molar-refractivity contribution in [1.29, 1.82) is 0 Å². The Morgan fingerprint density at radius 2 is 2.14 bits per heavy atom. The Kier molecular flexibility index (Phi) is 4.03. The van der Waals surface area contributed by atoms with Crippen molar-refractivity contribution >= 4 is 0 Å². The second kappa shape index (κ2) is 5.95. The summed E-state index contributed by atoms with van der Waals surface area (Å²) in [6, 6.07) is 10.6. The van der Waals surface area contributed by atoms with Gasteiger partial charge in [-0.25, -0.2) is 0 Å². The molecule has 1 aliphatic rings. The molecule has 1 atom stereocenters. The minimum absolute atomic E-state index is 0.00424. The summed E-state index contributed by atoms with van der Waals surface area (Å²) in [6.45, 7) is 8.11. The highest BCUT2D eigenvalue weighted by atomic mass is 16.5. The van der Waals surface area contributed by atoms with Crippen LogP contribution in [0.4, 0.5) is 0 Å². The summed E-state index contributed by atoms with van der Waals surface area (Å²) in [4.78, 5) is 6.73. The van der Waals surface area contributed by atoms with Gasteiger partial charge in [-0.3, -0.25) is 4.90 Å². The SMILES string of the molecule is Cc1noc(CCN2CCNC(C)(c3ccccc3)C2)n1. The van der Waals surface area contributed by atoms with E-state index in [1.54, 1.807) is 0 Å². The Bertz CT molecular complexity index is 583. The zero-order valence-electron chi connectivity index (χ0n) is 12.7. The molecule has 1 saturated heterocycles. The van der Waals surface area contributed by atoms with Crippen LogP contribution in [0.2, 0.25) is 0 Å². The standard InChI is InChI=1S/C16H22N4O/c1-13-18-15(21-19-13)8-10-20-11-9-17-16(2,12-20)14-6-4-3-5-7-14/h3-7,17H,8-12H2,1-2H3. The maximum Gasteiger partial charge on any atom is 0.227 e. The van der Waals surface area contributed by atoms with Crippen LogP contribution in [0, 0.1) is 6.92 Å². The van der Waals surface area contributed by atoms with Gasteiger partial charge in [-0.1, -0.05) is 35.5 Å². The number of benzene rings is 1. The van der Waals surface area contributed by atoms with Gasteiger partial charge < -0.3 is 9.84 Å². The van der Waals surface area contributed by atoms with Gasteiger partial charge in [0.05, 0.1) is 5.54 Å². The lowest BCUT2D eigenvalue weighted by molar-refractivity contribution is 0.141. The van der Waals surface area contributed by atoms with E-state index in [9.17, 15) is 0 Å². The molecule has 2 heterocycles. The molecular weight excluding hydrogens is 264 g/mol. The molecule has 2 aromatic rings. The van der Waals surface area contributed by atoms with Crippen LogP contribution in [0.5, 0.6) is 0 Å². The van der Waals surface area contributed by atoms with E-state index in [2.05, 4.69) is 57.6 Å². The number of piperazine rings is 1. The van der Waals surface area contributed by atoms with Gasteiger partial charge in [0.2, 0.25) is 5.89 Å². The number of aromatic nitrogens is 2. The maximum atomic E-state index is 5.19. The fourth-order valence-corrected chi connectivity index (χ4v) is 2.96. The van der Waals surface area contributed by atoms with Crippen molar-refractivity contribution in [1.82, 2.24) is 20.4 Å². The highest BCUT2D eigenvalue weighted by Gasteiger charge is 2.31. The summed E-state index contributed by atoms with van der Waals surface area (Å²) in [6.07, 6.45) is 0.811. The van der Waals surface area contributed by atoms with Crippen LogP contribution < -0.4 is 5.32 Å². The Morgan fingerprint density at radius 1 is 1.33 bits per heavy atom. The quantitative estimate of drug-likeness (QED) is 0.928. The lowest BCUT2D eigenvalue weighted by Crippen LogP contribution is -2.56. The predicted octanol–water partition coefficient (Wildman–Crippen LogP) is 1.74.